The molecule has 0 aliphatic rings. The number of nitrogens with one attached hydrogen (secondary N) is 1. The van der Waals surface area contributed by atoms with Gasteiger partial charge in [0.25, 0.3) is 5.91 Å². The highest BCUT2D eigenvalue weighted by Gasteiger charge is 2.14. The molecular weight excluding hydrogens is 258 g/mol. The van der Waals surface area contributed by atoms with E-state index in [-0.39, 0.29) is 11.9 Å². The summed E-state index contributed by atoms with van der Waals surface area (Å²) in [6.45, 7) is 3.88. The Morgan fingerprint density at radius 1 is 1.60 bits per heavy atom. The quantitative estimate of drug-likeness (QED) is 0.839. The van der Waals surface area contributed by atoms with Crippen LogP contribution in [0.2, 0.25) is 0 Å². The SMILES string of the molecule is CCC(CCBr)NC(=O)c1ccc(C)o1. The van der Waals surface area contributed by atoms with E-state index in [1.54, 1.807) is 12.1 Å². The Labute approximate surface area is 98.4 Å². The molecule has 0 bridgehead atoms. The monoisotopic (exact) mass is 273 g/mol. The van der Waals surface area contributed by atoms with Gasteiger partial charge >= 0.3 is 0 Å². The van der Waals surface area contributed by atoms with Crippen molar-refractivity contribution in [2.45, 2.75) is 32.7 Å². The van der Waals surface area contributed by atoms with E-state index in [0.29, 0.717) is 5.76 Å². The summed E-state index contributed by atoms with van der Waals surface area (Å²) in [7, 11) is 0. The van der Waals surface area contributed by atoms with Crippen LogP contribution < -0.4 is 5.32 Å². The molecule has 0 aromatic carbocycles. The highest BCUT2D eigenvalue weighted by atomic mass is 79.9. The number of hydrogen-bond acceptors (Lipinski definition) is 2. The maximum Gasteiger partial charge on any atom is 0.287 e. The van der Waals surface area contributed by atoms with Crippen LogP contribution in [0.25, 0.3) is 0 Å². The Kier molecular flexibility index (Phi) is 4.88. The molecule has 1 N–H and O–H groups in total. The number of carbonyl (C=O) groups excluding carboxylic acids is 1. The lowest BCUT2D eigenvalue weighted by Gasteiger charge is -2.14. The van der Waals surface area contributed by atoms with Crippen molar-refractivity contribution in [2.75, 3.05) is 5.33 Å². The van der Waals surface area contributed by atoms with E-state index in [0.717, 1.165) is 23.9 Å². The third-order valence-electron chi connectivity index (χ3n) is 2.25. The lowest BCUT2D eigenvalue weighted by molar-refractivity contribution is 0.0906. The molecule has 15 heavy (non-hydrogen) atoms. The minimum Gasteiger partial charge on any atom is -0.456 e. The predicted octanol–water partition coefficient (Wildman–Crippen LogP) is 2.88. The van der Waals surface area contributed by atoms with Crippen LogP contribution in [-0.4, -0.2) is 17.3 Å². The number of halogens is 1. The van der Waals surface area contributed by atoms with Crippen LogP contribution in [0.1, 0.15) is 36.1 Å². The summed E-state index contributed by atoms with van der Waals surface area (Å²) in [5, 5.41) is 3.83. The molecule has 1 aromatic heterocycles. The molecule has 1 amide bonds. The van der Waals surface area contributed by atoms with Gasteiger partial charge in [-0.2, -0.15) is 0 Å². The third-order valence-corrected chi connectivity index (χ3v) is 2.71. The highest BCUT2D eigenvalue weighted by Crippen LogP contribution is 2.08. The Bertz CT molecular complexity index is 322. The molecule has 0 saturated carbocycles. The van der Waals surface area contributed by atoms with Gasteiger partial charge in [-0.05, 0) is 31.9 Å². The number of rotatable bonds is 5. The van der Waals surface area contributed by atoms with E-state index in [1.807, 2.05) is 6.92 Å². The summed E-state index contributed by atoms with van der Waals surface area (Å²) in [6.07, 6.45) is 1.86. The summed E-state index contributed by atoms with van der Waals surface area (Å²) in [5.74, 6) is 1.02. The lowest BCUT2D eigenvalue weighted by atomic mass is 10.2. The predicted molar refractivity (Wildman–Crippen MR) is 63.4 cm³/mol. The molecule has 0 fully saturated rings. The Morgan fingerprint density at radius 3 is 2.80 bits per heavy atom. The van der Waals surface area contributed by atoms with E-state index >= 15 is 0 Å². The third kappa shape index (κ3) is 3.70. The van der Waals surface area contributed by atoms with Crippen molar-refractivity contribution in [3.63, 3.8) is 0 Å². The van der Waals surface area contributed by atoms with Gasteiger partial charge < -0.3 is 9.73 Å². The molecule has 1 atom stereocenters. The van der Waals surface area contributed by atoms with Crippen LogP contribution in [-0.2, 0) is 0 Å². The van der Waals surface area contributed by atoms with Crippen molar-refractivity contribution in [1.29, 1.82) is 0 Å². The average Bonchev–Trinajstić information content (AvgIpc) is 2.64. The zero-order valence-electron chi connectivity index (χ0n) is 9.05. The first kappa shape index (κ1) is 12.3. The molecule has 1 rings (SSSR count). The molecule has 0 spiro atoms. The first-order valence-electron chi connectivity index (χ1n) is 5.10. The zero-order valence-corrected chi connectivity index (χ0v) is 10.6. The first-order valence-corrected chi connectivity index (χ1v) is 6.22. The summed E-state index contributed by atoms with van der Waals surface area (Å²) in [6, 6.07) is 3.70. The second kappa shape index (κ2) is 5.95. The number of aryl methyl sites for hydroxylation is 1. The number of alkyl halides is 1. The number of furan rings is 1. The highest BCUT2D eigenvalue weighted by molar-refractivity contribution is 9.09. The smallest absolute Gasteiger partial charge is 0.287 e. The fourth-order valence-corrected chi connectivity index (χ4v) is 1.88. The average molecular weight is 274 g/mol. The maximum absolute atomic E-state index is 11.7. The molecule has 1 unspecified atom stereocenters. The molecular formula is C11H16BrNO2. The molecule has 3 nitrogen and oxygen atoms in total. The van der Waals surface area contributed by atoms with Gasteiger partial charge in [0.15, 0.2) is 5.76 Å². The van der Waals surface area contributed by atoms with Gasteiger partial charge in [-0.3, -0.25) is 4.79 Å². The fraction of sp³-hybridized carbons (Fsp3) is 0.545. The zero-order chi connectivity index (χ0) is 11.3. The van der Waals surface area contributed by atoms with Crippen LogP contribution in [0.5, 0.6) is 0 Å². The Balaban J connectivity index is 2.54. The number of carbonyl (C=O) groups is 1. The minimum atomic E-state index is -0.129. The fourth-order valence-electron chi connectivity index (χ4n) is 1.32. The van der Waals surface area contributed by atoms with Crippen LogP contribution in [0.4, 0.5) is 0 Å². The van der Waals surface area contributed by atoms with Gasteiger partial charge in [-0.1, -0.05) is 22.9 Å². The van der Waals surface area contributed by atoms with Gasteiger partial charge in [0.1, 0.15) is 5.76 Å². The van der Waals surface area contributed by atoms with Crippen LogP contribution in [0.3, 0.4) is 0 Å². The maximum atomic E-state index is 11.7. The molecule has 0 radical (unpaired) electrons. The second-order valence-electron chi connectivity index (χ2n) is 3.47. The van der Waals surface area contributed by atoms with Crippen LogP contribution in [0, 0.1) is 6.92 Å². The molecule has 1 heterocycles. The number of hydrogen-bond donors (Lipinski definition) is 1. The van der Waals surface area contributed by atoms with Gasteiger partial charge in [-0.25, -0.2) is 0 Å². The molecule has 0 saturated heterocycles. The van der Waals surface area contributed by atoms with Crippen LogP contribution >= 0.6 is 15.9 Å². The molecule has 0 aliphatic carbocycles. The summed E-state index contributed by atoms with van der Waals surface area (Å²) < 4.78 is 5.25. The molecule has 4 heteroatoms. The van der Waals surface area contributed by atoms with Gasteiger partial charge in [0.05, 0.1) is 0 Å². The topological polar surface area (TPSA) is 42.2 Å². The second-order valence-corrected chi connectivity index (χ2v) is 4.26. The first-order chi connectivity index (χ1) is 7.17. The van der Waals surface area contributed by atoms with E-state index in [9.17, 15) is 4.79 Å². The lowest BCUT2D eigenvalue weighted by Crippen LogP contribution is -2.34. The largest absolute Gasteiger partial charge is 0.456 e. The van der Waals surface area contributed by atoms with Crippen molar-refractivity contribution >= 4 is 21.8 Å². The van der Waals surface area contributed by atoms with E-state index in [1.165, 1.54) is 0 Å². The van der Waals surface area contributed by atoms with Gasteiger partial charge in [-0.15, -0.1) is 0 Å². The van der Waals surface area contributed by atoms with Gasteiger partial charge in [0.2, 0.25) is 0 Å². The van der Waals surface area contributed by atoms with E-state index < -0.39 is 0 Å². The Hall–Kier alpha value is -0.770. The van der Waals surface area contributed by atoms with Crippen LogP contribution in [0.15, 0.2) is 16.5 Å². The molecule has 1 aromatic rings. The molecule has 84 valence electrons. The summed E-state index contributed by atoms with van der Waals surface area (Å²) in [4.78, 5) is 11.7. The van der Waals surface area contributed by atoms with E-state index in [2.05, 4.69) is 28.2 Å². The molecule has 0 aliphatic heterocycles. The summed E-state index contributed by atoms with van der Waals surface area (Å²) in [5.41, 5.74) is 0. The Morgan fingerprint density at radius 2 is 2.33 bits per heavy atom. The normalized spacial score (nSPS) is 12.5. The van der Waals surface area contributed by atoms with Gasteiger partial charge in [0, 0.05) is 11.4 Å². The van der Waals surface area contributed by atoms with Crippen molar-refractivity contribution in [1.82, 2.24) is 5.32 Å². The van der Waals surface area contributed by atoms with Crippen molar-refractivity contribution in [3.8, 4) is 0 Å². The van der Waals surface area contributed by atoms with E-state index in [4.69, 9.17) is 4.42 Å². The van der Waals surface area contributed by atoms with Crippen molar-refractivity contribution < 1.29 is 9.21 Å². The summed E-state index contributed by atoms with van der Waals surface area (Å²) >= 11 is 3.37. The minimum absolute atomic E-state index is 0.129. The standard InChI is InChI=1S/C11H16BrNO2/c1-3-9(6-7-12)13-11(14)10-5-4-8(2)15-10/h4-5,9H,3,6-7H2,1-2H3,(H,13,14). The van der Waals surface area contributed by atoms with Crippen molar-refractivity contribution in [2.24, 2.45) is 0 Å². The van der Waals surface area contributed by atoms with Crippen molar-refractivity contribution in [3.05, 3.63) is 23.7 Å². The number of amides is 1.